The van der Waals surface area contributed by atoms with Crippen LogP contribution in [0.15, 0.2) is 164 Å². The third kappa shape index (κ3) is 9.08. The first-order valence-electron chi connectivity index (χ1n) is 25.7. The van der Waals surface area contributed by atoms with Crippen LogP contribution in [-0.2, 0) is 0 Å². The highest BCUT2D eigenvalue weighted by Crippen LogP contribution is 2.46. The molecule has 0 heterocycles. The molecular weight excluding hydrogens is 865 g/mol. The Kier molecular flexibility index (Phi) is 12.9. The Morgan fingerprint density at radius 3 is 1.38 bits per heavy atom. The molecule has 0 nitrogen and oxygen atoms in total. The number of rotatable bonds is 9. The maximum absolute atomic E-state index is 2.41. The van der Waals surface area contributed by atoms with Crippen molar-refractivity contribution in [3.63, 3.8) is 0 Å². The number of hydrogen-bond donors (Lipinski definition) is 0. The molecule has 0 fully saturated rings. The van der Waals surface area contributed by atoms with E-state index in [1.54, 1.807) is 0 Å². The Hall–Kier alpha value is -7.80. The summed E-state index contributed by atoms with van der Waals surface area (Å²) in [5.41, 5.74) is 28.2. The van der Waals surface area contributed by atoms with Crippen LogP contribution < -0.4 is 0 Å². The van der Waals surface area contributed by atoms with Crippen molar-refractivity contribution in [3.05, 3.63) is 242 Å². The van der Waals surface area contributed by atoms with E-state index in [4.69, 9.17) is 0 Å². The zero-order chi connectivity index (χ0) is 50.5. The molecule has 0 spiro atoms. The van der Waals surface area contributed by atoms with Gasteiger partial charge in [0.25, 0.3) is 0 Å². The second kappa shape index (κ2) is 19.4. The SMILES string of the molecule is CC=Cc1ccc(/C(C)=C(\C)c2cc(C)c(/C(C)=C(\C)c3ccc(C=Cc4cc5ccc(-c6c7ccc(C)cc7c(-c7ccc8cc(C)cc(C)c8c7)c7ccc(C)cc67)cc5cc4C)cc3)cc2C)cc1. The molecule has 0 aliphatic rings. The maximum atomic E-state index is 2.41. The van der Waals surface area contributed by atoms with Crippen LogP contribution in [0.25, 0.3) is 106 Å². The van der Waals surface area contributed by atoms with Gasteiger partial charge in [0, 0.05) is 0 Å². The van der Waals surface area contributed by atoms with Crippen molar-refractivity contribution in [2.75, 3.05) is 0 Å². The van der Waals surface area contributed by atoms with E-state index in [1.807, 2.05) is 0 Å². The highest BCUT2D eigenvalue weighted by molar-refractivity contribution is 6.22. The van der Waals surface area contributed by atoms with E-state index in [9.17, 15) is 0 Å². The van der Waals surface area contributed by atoms with Crippen molar-refractivity contribution < 1.29 is 0 Å². The van der Waals surface area contributed by atoms with Gasteiger partial charge in [-0.05, 0) is 250 Å². The third-order valence-corrected chi connectivity index (χ3v) is 15.5. The minimum Gasteiger partial charge on any atom is -0.0871 e. The monoisotopic (exact) mass is 931 g/mol. The zero-order valence-corrected chi connectivity index (χ0v) is 44.3. The first kappa shape index (κ1) is 47.9. The fraction of sp³-hybridized carbons (Fsp3) is 0.167. The number of allylic oxidation sites excluding steroid dienone is 5. The molecule has 0 aromatic heterocycles. The minimum absolute atomic E-state index is 1.19. The predicted molar refractivity (Wildman–Crippen MR) is 320 cm³/mol. The molecule has 0 aliphatic carbocycles. The van der Waals surface area contributed by atoms with Crippen molar-refractivity contribution in [3.8, 4) is 22.3 Å². The van der Waals surface area contributed by atoms with Crippen LogP contribution in [0.3, 0.4) is 0 Å². The van der Waals surface area contributed by atoms with Crippen LogP contribution >= 0.6 is 0 Å². The molecular formula is C72H66. The van der Waals surface area contributed by atoms with Crippen molar-refractivity contribution >= 4 is 83.6 Å². The number of benzene rings is 10. The first-order chi connectivity index (χ1) is 34.6. The summed E-state index contributed by atoms with van der Waals surface area (Å²) in [4.78, 5) is 0. The van der Waals surface area contributed by atoms with E-state index in [1.165, 1.54) is 166 Å². The molecule has 10 rings (SSSR count). The van der Waals surface area contributed by atoms with Crippen molar-refractivity contribution in [1.82, 2.24) is 0 Å². The Bertz CT molecular complexity index is 3930. The van der Waals surface area contributed by atoms with Crippen molar-refractivity contribution in [2.24, 2.45) is 0 Å². The van der Waals surface area contributed by atoms with Gasteiger partial charge in [-0.1, -0.05) is 181 Å². The molecule has 72 heavy (non-hydrogen) atoms. The number of fused-ring (bicyclic) bond motifs is 4. The van der Waals surface area contributed by atoms with E-state index in [0.717, 1.165) is 0 Å². The van der Waals surface area contributed by atoms with Gasteiger partial charge in [-0.25, -0.2) is 0 Å². The summed E-state index contributed by atoms with van der Waals surface area (Å²) in [6, 6.07) is 60.1. The summed E-state index contributed by atoms with van der Waals surface area (Å²) in [7, 11) is 0. The van der Waals surface area contributed by atoms with Gasteiger partial charge in [0.2, 0.25) is 0 Å². The Balaban J connectivity index is 0.933. The Morgan fingerprint density at radius 2 is 0.833 bits per heavy atom. The average Bonchev–Trinajstić information content (AvgIpc) is 3.37. The Labute approximate surface area is 428 Å². The van der Waals surface area contributed by atoms with E-state index in [2.05, 4.69) is 265 Å². The molecule has 0 N–H and O–H groups in total. The number of hydrogen-bond acceptors (Lipinski definition) is 0. The summed E-state index contributed by atoms with van der Waals surface area (Å²) in [6.45, 7) is 26.7. The molecule has 0 saturated heterocycles. The van der Waals surface area contributed by atoms with Crippen molar-refractivity contribution in [2.45, 2.75) is 83.1 Å². The Morgan fingerprint density at radius 1 is 0.319 bits per heavy atom. The summed E-state index contributed by atoms with van der Waals surface area (Å²) in [5, 5.41) is 10.3. The van der Waals surface area contributed by atoms with Gasteiger partial charge in [-0.3, -0.25) is 0 Å². The predicted octanol–water partition coefficient (Wildman–Crippen LogP) is 20.9. The zero-order valence-electron chi connectivity index (χ0n) is 44.3. The van der Waals surface area contributed by atoms with Gasteiger partial charge < -0.3 is 0 Å². The minimum atomic E-state index is 1.19. The lowest BCUT2D eigenvalue weighted by Gasteiger charge is -2.20. The van der Waals surface area contributed by atoms with Gasteiger partial charge in [-0.15, -0.1) is 0 Å². The largest absolute Gasteiger partial charge is 0.0871 e. The van der Waals surface area contributed by atoms with Crippen LogP contribution in [0.5, 0.6) is 0 Å². The molecule has 0 unspecified atom stereocenters. The van der Waals surface area contributed by atoms with Crippen LogP contribution in [-0.4, -0.2) is 0 Å². The van der Waals surface area contributed by atoms with E-state index >= 15 is 0 Å². The topological polar surface area (TPSA) is 0 Å². The fourth-order valence-electron chi connectivity index (χ4n) is 11.3. The van der Waals surface area contributed by atoms with Gasteiger partial charge in [-0.2, -0.15) is 0 Å². The summed E-state index contributed by atoms with van der Waals surface area (Å²) in [5.74, 6) is 0. The third-order valence-electron chi connectivity index (χ3n) is 15.5. The highest BCUT2D eigenvalue weighted by Gasteiger charge is 2.19. The van der Waals surface area contributed by atoms with E-state index in [-0.39, 0.29) is 0 Å². The molecule has 0 radical (unpaired) electrons. The van der Waals surface area contributed by atoms with Gasteiger partial charge in [0.05, 0.1) is 0 Å². The lowest BCUT2D eigenvalue weighted by molar-refractivity contribution is 1.31. The molecule has 0 amide bonds. The van der Waals surface area contributed by atoms with Crippen LogP contribution in [0.1, 0.15) is 113 Å². The molecule has 0 aliphatic heterocycles. The molecule has 10 aromatic rings. The normalized spacial score (nSPS) is 12.8. The maximum Gasteiger partial charge on any atom is -0.00260 e. The summed E-state index contributed by atoms with van der Waals surface area (Å²) >= 11 is 0. The van der Waals surface area contributed by atoms with Gasteiger partial charge in [0.15, 0.2) is 0 Å². The van der Waals surface area contributed by atoms with Gasteiger partial charge in [0.1, 0.15) is 0 Å². The quantitative estimate of drug-likeness (QED) is 0.0999. The fourth-order valence-corrected chi connectivity index (χ4v) is 11.3. The second-order valence-electron chi connectivity index (χ2n) is 20.7. The molecule has 354 valence electrons. The van der Waals surface area contributed by atoms with E-state index < -0.39 is 0 Å². The van der Waals surface area contributed by atoms with Gasteiger partial charge >= 0.3 is 0 Å². The number of aryl methyl sites for hydroxylation is 7. The molecule has 0 atom stereocenters. The van der Waals surface area contributed by atoms with Crippen LogP contribution in [0.2, 0.25) is 0 Å². The average molecular weight is 931 g/mol. The molecule has 0 saturated carbocycles. The summed E-state index contributed by atoms with van der Waals surface area (Å²) in [6.07, 6.45) is 8.75. The molecule has 0 heteroatoms. The lowest BCUT2D eigenvalue weighted by Crippen LogP contribution is -1.96. The standard InChI is InChI=1S/C72H66/c1-13-14-54-17-22-56(23-18-54)50(9)52(11)66-38-49(8)67(39-48(66)7)53(12)51(10)57-24-19-55(20-25-57)21-26-58-40-59-27-29-61(41-63(59)37-46(58)5)71-64-31-15-44(3)36-70(64)72(65-32-16-43(2)35-69(65)71)62-30-28-60-34-45(4)33-47(6)68(60)42-62/h13-42H,1-12H3/b14-13?,26-21?,52-50+,53-51+. The second-order valence-corrected chi connectivity index (χ2v) is 20.7. The summed E-state index contributed by atoms with van der Waals surface area (Å²) < 4.78 is 0. The molecule has 0 bridgehead atoms. The van der Waals surface area contributed by atoms with Crippen LogP contribution in [0, 0.1) is 48.5 Å². The van der Waals surface area contributed by atoms with Crippen LogP contribution in [0.4, 0.5) is 0 Å². The highest BCUT2D eigenvalue weighted by atomic mass is 14.2. The molecule has 10 aromatic carbocycles. The van der Waals surface area contributed by atoms with Crippen molar-refractivity contribution in [1.29, 1.82) is 0 Å². The first-order valence-corrected chi connectivity index (χ1v) is 25.7. The lowest BCUT2D eigenvalue weighted by atomic mass is 9.84. The smallest absolute Gasteiger partial charge is 0.00260 e. The van der Waals surface area contributed by atoms with E-state index in [0.29, 0.717) is 0 Å².